The van der Waals surface area contributed by atoms with Crippen molar-refractivity contribution in [3.63, 3.8) is 0 Å². The number of nitrogens with zero attached hydrogens (tertiary/aromatic N) is 1. The summed E-state index contributed by atoms with van der Waals surface area (Å²) in [5.74, 6) is 1.48. The molecule has 1 aliphatic rings. The molecule has 168 valence electrons. The Morgan fingerprint density at radius 3 is 2.45 bits per heavy atom. The maximum Gasteiger partial charge on any atom is 0.219 e. The average Bonchev–Trinajstić information content (AvgIpc) is 2.79. The van der Waals surface area contributed by atoms with Crippen molar-refractivity contribution < 1.29 is 14.3 Å². The fourth-order valence-corrected chi connectivity index (χ4v) is 4.94. The predicted octanol–water partition coefficient (Wildman–Crippen LogP) is 5.77. The van der Waals surface area contributed by atoms with Gasteiger partial charge in [0.1, 0.15) is 5.75 Å². The van der Waals surface area contributed by atoms with Gasteiger partial charge in [0.2, 0.25) is 5.91 Å². The van der Waals surface area contributed by atoms with Gasteiger partial charge in [0.15, 0.2) is 0 Å². The molecule has 0 radical (unpaired) electrons. The van der Waals surface area contributed by atoms with E-state index in [1.54, 1.807) is 14.0 Å². The molecule has 4 nitrogen and oxygen atoms in total. The number of amides is 1. The van der Waals surface area contributed by atoms with E-state index in [4.69, 9.17) is 9.47 Å². The number of hydrogen-bond donors (Lipinski definition) is 0. The zero-order valence-electron chi connectivity index (χ0n) is 19.6. The molecule has 2 aromatic rings. The van der Waals surface area contributed by atoms with Crippen LogP contribution in [0.2, 0.25) is 0 Å². The monoisotopic (exact) mass is 423 g/mol. The fraction of sp³-hybridized carbons (Fsp3) is 0.519. The van der Waals surface area contributed by atoms with Crippen molar-refractivity contribution in [2.24, 2.45) is 5.92 Å². The smallest absolute Gasteiger partial charge is 0.219 e. The first kappa shape index (κ1) is 23.3. The summed E-state index contributed by atoms with van der Waals surface area (Å²) >= 11 is 0. The predicted molar refractivity (Wildman–Crippen MR) is 125 cm³/mol. The average molecular weight is 424 g/mol. The highest BCUT2D eigenvalue weighted by molar-refractivity contribution is 5.73. The lowest BCUT2D eigenvalue weighted by atomic mass is 9.68. The molecule has 1 heterocycles. The van der Waals surface area contributed by atoms with E-state index in [-0.39, 0.29) is 23.5 Å². The summed E-state index contributed by atoms with van der Waals surface area (Å²) in [6, 6.07) is 18.7. The second-order valence-corrected chi connectivity index (χ2v) is 9.14. The van der Waals surface area contributed by atoms with Crippen LogP contribution in [0.4, 0.5) is 0 Å². The number of para-hydroxylation sites is 1. The van der Waals surface area contributed by atoms with Crippen molar-refractivity contribution in [1.29, 1.82) is 0 Å². The number of carbonyl (C=O) groups is 1. The standard InChI is InChI=1S/C27H37NO3/c1-20(2)26-19-27(16-18-31-26,24-13-9-10-14-25(24)30-5)15-17-28(22(4)29)21(3)23-11-7-6-8-12-23/h6-14,20-21,26H,15-19H2,1-5H3/t21-,26-,27-/m1/s1. The van der Waals surface area contributed by atoms with Crippen LogP contribution < -0.4 is 4.74 Å². The minimum absolute atomic E-state index is 0.0363. The highest BCUT2D eigenvalue weighted by Gasteiger charge is 2.41. The molecule has 3 rings (SSSR count). The second kappa shape index (κ2) is 10.3. The summed E-state index contributed by atoms with van der Waals surface area (Å²) in [7, 11) is 1.74. The van der Waals surface area contributed by atoms with Crippen LogP contribution in [0.3, 0.4) is 0 Å². The zero-order chi connectivity index (χ0) is 22.4. The maximum absolute atomic E-state index is 12.6. The molecule has 1 saturated heterocycles. The summed E-state index contributed by atoms with van der Waals surface area (Å²) < 4.78 is 11.9. The Morgan fingerprint density at radius 2 is 1.81 bits per heavy atom. The Morgan fingerprint density at radius 1 is 1.13 bits per heavy atom. The molecule has 0 bridgehead atoms. The Balaban J connectivity index is 1.92. The first-order valence-corrected chi connectivity index (χ1v) is 11.4. The van der Waals surface area contributed by atoms with E-state index in [0.717, 1.165) is 37.2 Å². The number of ether oxygens (including phenoxy) is 2. The molecule has 0 unspecified atom stereocenters. The quantitative estimate of drug-likeness (QED) is 0.541. The summed E-state index contributed by atoms with van der Waals surface area (Å²) in [6.45, 7) is 9.68. The maximum atomic E-state index is 12.6. The van der Waals surface area contributed by atoms with Crippen LogP contribution in [0.5, 0.6) is 5.75 Å². The lowest BCUT2D eigenvalue weighted by Crippen LogP contribution is -2.44. The third kappa shape index (κ3) is 5.30. The van der Waals surface area contributed by atoms with Crippen molar-refractivity contribution in [2.75, 3.05) is 20.3 Å². The molecule has 4 heteroatoms. The Hall–Kier alpha value is -2.33. The molecule has 0 saturated carbocycles. The zero-order valence-corrected chi connectivity index (χ0v) is 19.6. The Labute approximate surface area is 187 Å². The normalized spacial score (nSPS) is 22.2. The SMILES string of the molecule is COc1ccccc1[C@]1(CCN(C(C)=O)[C@H](C)c2ccccc2)CCO[C@@H](C(C)C)C1. The van der Waals surface area contributed by atoms with Gasteiger partial charge >= 0.3 is 0 Å². The second-order valence-electron chi connectivity index (χ2n) is 9.14. The summed E-state index contributed by atoms with van der Waals surface area (Å²) in [4.78, 5) is 14.7. The minimum atomic E-state index is -0.0795. The van der Waals surface area contributed by atoms with Crippen LogP contribution in [0, 0.1) is 5.92 Å². The van der Waals surface area contributed by atoms with Gasteiger partial charge in [-0.3, -0.25) is 4.79 Å². The number of benzene rings is 2. The molecule has 0 aliphatic carbocycles. The molecule has 3 atom stereocenters. The first-order chi connectivity index (χ1) is 14.9. The van der Waals surface area contributed by atoms with Crippen molar-refractivity contribution in [3.05, 3.63) is 65.7 Å². The van der Waals surface area contributed by atoms with Crippen LogP contribution in [0.15, 0.2) is 54.6 Å². The Bertz CT molecular complexity index is 851. The van der Waals surface area contributed by atoms with Gasteiger partial charge in [-0.1, -0.05) is 62.4 Å². The van der Waals surface area contributed by atoms with Crippen LogP contribution in [0.1, 0.15) is 64.1 Å². The van der Waals surface area contributed by atoms with Gasteiger partial charge in [-0.15, -0.1) is 0 Å². The van der Waals surface area contributed by atoms with Gasteiger partial charge in [0, 0.05) is 31.1 Å². The Kier molecular flexibility index (Phi) is 7.77. The molecular weight excluding hydrogens is 386 g/mol. The van der Waals surface area contributed by atoms with E-state index in [0.29, 0.717) is 12.5 Å². The van der Waals surface area contributed by atoms with E-state index in [1.807, 2.05) is 35.2 Å². The number of hydrogen-bond acceptors (Lipinski definition) is 3. The molecule has 2 aromatic carbocycles. The van der Waals surface area contributed by atoms with E-state index in [9.17, 15) is 4.79 Å². The summed E-state index contributed by atoms with van der Waals surface area (Å²) in [6.07, 6.45) is 2.96. The van der Waals surface area contributed by atoms with Crippen LogP contribution >= 0.6 is 0 Å². The van der Waals surface area contributed by atoms with E-state index in [1.165, 1.54) is 5.56 Å². The van der Waals surface area contributed by atoms with Gasteiger partial charge in [-0.2, -0.15) is 0 Å². The third-order valence-corrected chi connectivity index (χ3v) is 6.91. The first-order valence-electron chi connectivity index (χ1n) is 11.4. The van der Waals surface area contributed by atoms with E-state index in [2.05, 4.69) is 45.0 Å². The van der Waals surface area contributed by atoms with Crippen molar-refractivity contribution in [3.8, 4) is 5.75 Å². The van der Waals surface area contributed by atoms with Crippen LogP contribution in [-0.4, -0.2) is 37.2 Å². The third-order valence-electron chi connectivity index (χ3n) is 6.91. The van der Waals surface area contributed by atoms with Crippen LogP contribution in [0.25, 0.3) is 0 Å². The molecule has 1 fully saturated rings. The molecular formula is C27H37NO3. The lowest BCUT2D eigenvalue weighted by molar-refractivity contribution is -0.131. The van der Waals surface area contributed by atoms with E-state index < -0.39 is 0 Å². The molecule has 31 heavy (non-hydrogen) atoms. The van der Waals surface area contributed by atoms with Gasteiger partial charge < -0.3 is 14.4 Å². The lowest BCUT2D eigenvalue weighted by Gasteiger charge is -2.44. The van der Waals surface area contributed by atoms with Crippen molar-refractivity contribution in [2.45, 2.75) is 64.5 Å². The van der Waals surface area contributed by atoms with Crippen molar-refractivity contribution in [1.82, 2.24) is 4.90 Å². The highest BCUT2D eigenvalue weighted by Crippen LogP contribution is 2.45. The van der Waals surface area contributed by atoms with E-state index >= 15 is 0 Å². The van der Waals surface area contributed by atoms with Gasteiger partial charge in [0.05, 0.1) is 19.3 Å². The summed E-state index contributed by atoms with van der Waals surface area (Å²) in [5, 5.41) is 0. The largest absolute Gasteiger partial charge is 0.496 e. The number of methoxy groups -OCH3 is 1. The molecule has 1 amide bonds. The molecule has 0 aromatic heterocycles. The molecule has 1 aliphatic heterocycles. The van der Waals surface area contributed by atoms with Gasteiger partial charge in [-0.25, -0.2) is 0 Å². The molecule has 0 spiro atoms. The van der Waals surface area contributed by atoms with Crippen molar-refractivity contribution >= 4 is 5.91 Å². The molecule has 0 N–H and O–H groups in total. The van der Waals surface area contributed by atoms with Gasteiger partial charge in [-0.05, 0) is 43.7 Å². The number of rotatable bonds is 8. The minimum Gasteiger partial charge on any atom is -0.496 e. The van der Waals surface area contributed by atoms with Crippen LogP contribution in [-0.2, 0) is 14.9 Å². The van der Waals surface area contributed by atoms with Gasteiger partial charge in [0.25, 0.3) is 0 Å². The number of carbonyl (C=O) groups excluding carboxylic acids is 1. The highest BCUT2D eigenvalue weighted by atomic mass is 16.5. The topological polar surface area (TPSA) is 38.8 Å². The fourth-order valence-electron chi connectivity index (χ4n) is 4.94. The summed E-state index contributed by atoms with van der Waals surface area (Å²) in [5.41, 5.74) is 2.32.